The molecule has 1 N–H and O–H groups in total. The Labute approximate surface area is 145 Å². The quantitative estimate of drug-likeness (QED) is 0.635. The smallest absolute Gasteiger partial charge is 0.433 e. The number of benzene rings is 1. The van der Waals surface area contributed by atoms with Crippen LogP contribution in [0.5, 0.6) is 5.75 Å². The van der Waals surface area contributed by atoms with Gasteiger partial charge in [-0.3, -0.25) is 14.9 Å². The average molecular weight is 344 g/mol. The first-order valence-corrected chi connectivity index (χ1v) is 8.40. The minimum Gasteiger partial charge on any atom is -0.490 e. The molecule has 2 aromatic rings. The molecule has 0 atom stereocenters. The summed E-state index contributed by atoms with van der Waals surface area (Å²) in [5, 5.41) is 13.3. The molecule has 1 aromatic heterocycles. The number of carbonyl (C=O) groups is 1. The van der Waals surface area contributed by atoms with E-state index in [4.69, 9.17) is 9.15 Å². The largest absolute Gasteiger partial charge is 0.490 e. The first-order valence-electron chi connectivity index (χ1n) is 8.40. The van der Waals surface area contributed by atoms with Crippen molar-refractivity contribution in [2.75, 3.05) is 0 Å². The maximum atomic E-state index is 12.0. The normalized spacial score (nSPS) is 14.9. The predicted octanol–water partition coefficient (Wildman–Crippen LogP) is 3.83. The zero-order valence-corrected chi connectivity index (χ0v) is 13.8. The molecule has 1 aromatic carbocycles. The van der Waals surface area contributed by atoms with Gasteiger partial charge < -0.3 is 14.5 Å². The summed E-state index contributed by atoms with van der Waals surface area (Å²) in [6.45, 7) is 0.287. The van der Waals surface area contributed by atoms with Crippen molar-refractivity contribution in [1.29, 1.82) is 0 Å². The SMILES string of the molecule is O=C(NCc1cccc(OC2CCCCC2)c1)c1ccc([N+](=O)[O-])o1. The van der Waals surface area contributed by atoms with Gasteiger partial charge in [0.15, 0.2) is 5.76 Å². The first-order chi connectivity index (χ1) is 12.1. The van der Waals surface area contributed by atoms with Gasteiger partial charge in [-0.05, 0) is 49.4 Å². The molecule has 0 aliphatic heterocycles. The standard InChI is InChI=1S/C18H20N2O5/c21-18(16-9-10-17(25-16)20(22)23)19-12-13-5-4-8-15(11-13)24-14-6-2-1-3-7-14/h4-5,8-11,14H,1-3,6-7,12H2,(H,19,21). The minimum atomic E-state index is -0.678. The van der Waals surface area contributed by atoms with Crippen molar-refractivity contribution in [3.05, 3.63) is 57.8 Å². The molecule has 0 bridgehead atoms. The minimum absolute atomic E-state index is 0.0821. The van der Waals surface area contributed by atoms with E-state index in [-0.39, 0.29) is 18.4 Å². The van der Waals surface area contributed by atoms with Crippen LogP contribution in [0.25, 0.3) is 0 Å². The van der Waals surface area contributed by atoms with E-state index in [9.17, 15) is 14.9 Å². The lowest BCUT2D eigenvalue weighted by Gasteiger charge is -2.23. The fourth-order valence-corrected chi connectivity index (χ4v) is 2.92. The molecule has 3 rings (SSSR count). The molecule has 7 heteroatoms. The third-order valence-corrected chi connectivity index (χ3v) is 4.20. The molecule has 1 saturated carbocycles. The molecule has 0 unspecified atom stereocenters. The van der Waals surface area contributed by atoms with E-state index in [0.29, 0.717) is 0 Å². The highest BCUT2D eigenvalue weighted by molar-refractivity contribution is 5.91. The van der Waals surface area contributed by atoms with E-state index in [1.807, 2.05) is 24.3 Å². The van der Waals surface area contributed by atoms with Crippen molar-refractivity contribution in [2.45, 2.75) is 44.8 Å². The summed E-state index contributed by atoms with van der Waals surface area (Å²) in [6, 6.07) is 10.0. The fraction of sp³-hybridized carbons (Fsp3) is 0.389. The number of amides is 1. The van der Waals surface area contributed by atoms with Crippen LogP contribution in [0.15, 0.2) is 40.8 Å². The number of nitrogens with one attached hydrogen (secondary N) is 1. The van der Waals surface area contributed by atoms with E-state index in [2.05, 4.69) is 5.32 Å². The summed E-state index contributed by atoms with van der Waals surface area (Å²) in [5.74, 6) is -0.228. The zero-order valence-electron chi connectivity index (χ0n) is 13.8. The van der Waals surface area contributed by atoms with Gasteiger partial charge >= 0.3 is 5.88 Å². The van der Waals surface area contributed by atoms with Crippen molar-refractivity contribution in [1.82, 2.24) is 5.32 Å². The van der Waals surface area contributed by atoms with Gasteiger partial charge in [-0.15, -0.1) is 0 Å². The molecular weight excluding hydrogens is 324 g/mol. The van der Waals surface area contributed by atoms with Crippen molar-refractivity contribution < 1.29 is 18.9 Å². The molecule has 1 heterocycles. The molecule has 0 saturated heterocycles. The maximum absolute atomic E-state index is 12.0. The van der Waals surface area contributed by atoms with Crippen LogP contribution < -0.4 is 10.1 Å². The summed E-state index contributed by atoms with van der Waals surface area (Å²) >= 11 is 0. The molecule has 7 nitrogen and oxygen atoms in total. The van der Waals surface area contributed by atoms with Gasteiger partial charge in [0, 0.05) is 6.54 Å². The average Bonchev–Trinajstić information content (AvgIpc) is 3.11. The molecule has 132 valence electrons. The topological polar surface area (TPSA) is 94.6 Å². The zero-order chi connectivity index (χ0) is 17.6. The summed E-state index contributed by atoms with van der Waals surface area (Å²) < 4.78 is 10.9. The van der Waals surface area contributed by atoms with Crippen LogP contribution in [-0.4, -0.2) is 16.9 Å². The molecule has 25 heavy (non-hydrogen) atoms. The van der Waals surface area contributed by atoms with E-state index in [1.165, 1.54) is 25.3 Å². The van der Waals surface area contributed by atoms with Crippen molar-refractivity contribution in [3.8, 4) is 5.75 Å². The Hall–Kier alpha value is -2.83. The van der Waals surface area contributed by atoms with Gasteiger partial charge in [0.25, 0.3) is 5.91 Å². The molecule has 1 amide bonds. The first kappa shape index (κ1) is 17.0. The number of carbonyl (C=O) groups excluding carboxylic acids is 1. The monoisotopic (exact) mass is 344 g/mol. The molecular formula is C18H20N2O5. The summed E-state index contributed by atoms with van der Waals surface area (Å²) in [4.78, 5) is 21.9. The van der Waals surface area contributed by atoms with Gasteiger partial charge in [-0.25, -0.2) is 0 Å². The predicted molar refractivity (Wildman–Crippen MR) is 90.5 cm³/mol. The Morgan fingerprint density at radius 3 is 2.76 bits per heavy atom. The highest BCUT2D eigenvalue weighted by Gasteiger charge is 2.17. The van der Waals surface area contributed by atoms with E-state index in [0.717, 1.165) is 30.2 Å². The van der Waals surface area contributed by atoms with E-state index >= 15 is 0 Å². The van der Waals surface area contributed by atoms with Crippen molar-refractivity contribution in [3.63, 3.8) is 0 Å². The molecule has 1 aliphatic rings. The highest BCUT2D eigenvalue weighted by Crippen LogP contribution is 2.24. The van der Waals surface area contributed by atoms with Crippen LogP contribution in [0.4, 0.5) is 5.88 Å². The van der Waals surface area contributed by atoms with Gasteiger partial charge in [0.1, 0.15) is 10.7 Å². The Kier molecular flexibility index (Phi) is 5.33. The van der Waals surface area contributed by atoms with Gasteiger partial charge in [-0.1, -0.05) is 18.6 Å². The lowest BCUT2D eigenvalue weighted by atomic mass is 9.98. The van der Waals surface area contributed by atoms with Gasteiger partial charge in [0.05, 0.1) is 12.2 Å². The third kappa shape index (κ3) is 4.59. The Bertz CT molecular complexity index is 749. The van der Waals surface area contributed by atoms with Crippen LogP contribution in [0.3, 0.4) is 0 Å². The Morgan fingerprint density at radius 1 is 1.24 bits per heavy atom. The number of nitro groups is 1. The van der Waals surface area contributed by atoms with Crippen LogP contribution in [0.2, 0.25) is 0 Å². The lowest BCUT2D eigenvalue weighted by molar-refractivity contribution is -0.402. The molecule has 0 spiro atoms. The van der Waals surface area contributed by atoms with Crippen molar-refractivity contribution >= 4 is 11.8 Å². The number of hydrogen-bond donors (Lipinski definition) is 1. The molecule has 0 radical (unpaired) electrons. The second-order valence-corrected chi connectivity index (χ2v) is 6.10. The van der Waals surface area contributed by atoms with Crippen LogP contribution in [-0.2, 0) is 6.54 Å². The van der Waals surface area contributed by atoms with Crippen LogP contribution in [0.1, 0.15) is 48.2 Å². The summed E-state index contributed by atoms with van der Waals surface area (Å²) in [6.07, 6.45) is 6.11. The number of nitrogens with zero attached hydrogens (tertiary/aromatic N) is 1. The summed E-state index contributed by atoms with van der Waals surface area (Å²) in [5.41, 5.74) is 0.891. The van der Waals surface area contributed by atoms with Crippen LogP contribution >= 0.6 is 0 Å². The van der Waals surface area contributed by atoms with Crippen LogP contribution in [0, 0.1) is 10.1 Å². The number of ether oxygens (including phenoxy) is 1. The number of rotatable bonds is 6. The highest BCUT2D eigenvalue weighted by atomic mass is 16.6. The van der Waals surface area contributed by atoms with Gasteiger partial charge in [-0.2, -0.15) is 0 Å². The van der Waals surface area contributed by atoms with E-state index in [1.54, 1.807) is 0 Å². The molecule has 1 fully saturated rings. The molecule has 1 aliphatic carbocycles. The number of hydrogen-bond acceptors (Lipinski definition) is 5. The second-order valence-electron chi connectivity index (χ2n) is 6.10. The Balaban J connectivity index is 1.56. The fourth-order valence-electron chi connectivity index (χ4n) is 2.92. The maximum Gasteiger partial charge on any atom is 0.433 e. The van der Waals surface area contributed by atoms with Gasteiger partial charge in [0.2, 0.25) is 0 Å². The second kappa shape index (κ2) is 7.83. The summed E-state index contributed by atoms with van der Waals surface area (Å²) in [7, 11) is 0. The third-order valence-electron chi connectivity index (χ3n) is 4.20. The Morgan fingerprint density at radius 2 is 2.04 bits per heavy atom. The number of furan rings is 1. The lowest BCUT2D eigenvalue weighted by Crippen LogP contribution is -2.22. The van der Waals surface area contributed by atoms with Crippen molar-refractivity contribution in [2.24, 2.45) is 0 Å². The van der Waals surface area contributed by atoms with E-state index < -0.39 is 16.7 Å².